The van der Waals surface area contributed by atoms with Crippen LogP contribution in [-0.4, -0.2) is 59.4 Å². The van der Waals surface area contributed by atoms with E-state index >= 15 is 0 Å². The summed E-state index contributed by atoms with van der Waals surface area (Å²) in [6.45, 7) is 9.12. The first-order valence-electron chi connectivity index (χ1n) is 9.37. The van der Waals surface area contributed by atoms with Gasteiger partial charge in [0.1, 0.15) is 5.82 Å². The van der Waals surface area contributed by atoms with Gasteiger partial charge in [0.2, 0.25) is 0 Å². The molecule has 3 heterocycles. The number of hydrogen-bond donors (Lipinski definition) is 1. The Morgan fingerprint density at radius 3 is 2.72 bits per heavy atom. The third-order valence-electron chi connectivity index (χ3n) is 4.94. The zero-order chi connectivity index (χ0) is 18.0. The van der Waals surface area contributed by atoms with Crippen LogP contribution in [0.3, 0.4) is 0 Å². The van der Waals surface area contributed by atoms with Crippen molar-refractivity contribution in [2.45, 2.75) is 52.0 Å². The molecule has 0 spiro atoms. The maximum atomic E-state index is 5.50. The quantitative estimate of drug-likeness (QED) is 0.872. The second-order valence-electron chi connectivity index (χ2n) is 7.41. The molecule has 0 radical (unpaired) electrons. The summed E-state index contributed by atoms with van der Waals surface area (Å²) in [7, 11) is 4.20. The lowest BCUT2D eigenvalue weighted by Crippen LogP contribution is -2.31. The van der Waals surface area contributed by atoms with Crippen LogP contribution in [0.5, 0.6) is 0 Å². The number of likely N-dealkylation sites (N-methyl/N-ethyl adjacent to an activating group) is 1. The minimum absolute atomic E-state index is 0.334. The standard InChI is InChI=1S/C19H31N5O/c1-6-16-14(3)21-18-11-17(15-7-9-25-10-8-15)22-24(18)19(16)20-13(2)12-23(4)5/h11,13,15,20H,6-10,12H2,1-5H3. The molecule has 1 saturated heterocycles. The van der Waals surface area contributed by atoms with Crippen molar-refractivity contribution in [3.63, 3.8) is 0 Å². The Bertz CT molecular complexity index is 718. The van der Waals surface area contributed by atoms with Gasteiger partial charge in [-0.15, -0.1) is 0 Å². The number of ether oxygens (including phenoxy) is 1. The van der Waals surface area contributed by atoms with Crippen LogP contribution in [0.1, 0.15) is 49.6 Å². The summed E-state index contributed by atoms with van der Waals surface area (Å²) in [5.41, 5.74) is 4.43. The highest BCUT2D eigenvalue weighted by atomic mass is 16.5. The summed E-state index contributed by atoms with van der Waals surface area (Å²) in [4.78, 5) is 7.01. The van der Waals surface area contributed by atoms with Crippen LogP contribution in [0, 0.1) is 6.92 Å². The van der Waals surface area contributed by atoms with Crippen LogP contribution in [0.4, 0.5) is 5.82 Å². The molecule has 138 valence electrons. The summed E-state index contributed by atoms with van der Waals surface area (Å²) >= 11 is 0. The number of nitrogens with zero attached hydrogens (tertiary/aromatic N) is 4. The van der Waals surface area contributed by atoms with Gasteiger partial charge in [-0.2, -0.15) is 9.61 Å². The van der Waals surface area contributed by atoms with Gasteiger partial charge in [-0.05, 0) is 47.2 Å². The highest BCUT2D eigenvalue weighted by Crippen LogP contribution is 2.29. The lowest BCUT2D eigenvalue weighted by molar-refractivity contribution is 0.0844. The predicted molar refractivity (Wildman–Crippen MR) is 102 cm³/mol. The topological polar surface area (TPSA) is 54.7 Å². The van der Waals surface area contributed by atoms with E-state index in [9.17, 15) is 0 Å². The minimum Gasteiger partial charge on any atom is -0.381 e. The highest BCUT2D eigenvalue weighted by molar-refractivity contribution is 5.56. The van der Waals surface area contributed by atoms with E-state index in [1.807, 2.05) is 4.52 Å². The summed E-state index contributed by atoms with van der Waals surface area (Å²) in [6, 6.07) is 2.49. The minimum atomic E-state index is 0.334. The fraction of sp³-hybridized carbons (Fsp3) is 0.684. The van der Waals surface area contributed by atoms with Gasteiger partial charge in [-0.3, -0.25) is 0 Å². The third kappa shape index (κ3) is 3.96. The molecule has 1 aliphatic heterocycles. The Morgan fingerprint density at radius 1 is 1.36 bits per heavy atom. The highest BCUT2D eigenvalue weighted by Gasteiger charge is 2.22. The number of fused-ring (bicyclic) bond motifs is 1. The number of aromatic nitrogens is 3. The molecule has 0 amide bonds. The van der Waals surface area contributed by atoms with E-state index in [2.05, 4.69) is 51.1 Å². The molecule has 0 bridgehead atoms. The number of anilines is 1. The molecule has 6 heteroatoms. The first-order chi connectivity index (χ1) is 12.0. The molecule has 3 rings (SSSR count). The molecule has 1 N–H and O–H groups in total. The Balaban J connectivity index is 2.00. The Morgan fingerprint density at radius 2 is 2.08 bits per heavy atom. The molecule has 0 aliphatic carbocycles. The fourth-order valence-electron chi connectivity index (χ4n) is 3.76. The van der Waals surface area contributed by atoms with E-state index in [0.717, 1.165) is 61.9 Å². The van der Waals surface area contributed by atoms with Crippen molar-refractivity contribution in [1.82, 2.24) is 19.5 Å². The summed E-state index contributed by atoms with van der Waals surface area (Å²) in [5.74, 6) is 1.57. The van der Waals surface area contributed by atoms with Crippen molar-refractivity contribution in [3.05, 3.63) is 23.0 Å². The average Bonchev–Trinajstić information content (AvgIpc) is 2.99. The predicted octanol–water partition coefficient (Wildman–Crippen LogP) is 2.86. The largest absolute Gasteiger partial charge is 0.381 e. The molecule has 0 aromatic carbocycles. The Kier molecular flexibility index (Phi) is 5.59. The third-order valence-corrected chi connectivity index (χ3v) is 4.94. The van der Waals surface area contributed by atoms with Gasteiger partial charge in [-0.25, -0.2) is 4.98 Å². The maximum absolute atomic E-state index is 5.50. The van der Waals surface area contributed by atoms with E-state index in [1.54, 1.807) is 0 Å². The molecular formula is C19H31N5O. The van der Waals surface area contributed by atoms with Gasteiger partial charge < -0.3 is 15.0 Å². The van der Waals surface area contributed by atoms with Gasteiger partial charge in [0.25, 0.3) is 0 Å². The maximum Gasteiger partial charge on any atom is 0.157 e. The van der Waals surface area contributed by atoms with Crippen LogP contribution >= 0.6 is 0 Å². The SMILES string of the molecule is CCc1c(C)nc2cc(C3CCOCC3)nn2c1NC(C)CN(C)C. The first kappa shape index (κ1) is 18.1. The van der Waals surface area contributed by atoms with Crippen molar-refractivity contribution in [3.8, 4) is 0 Å². The molecule has 1 aliphatic rings. The van der Waals surface area contributed by atoms with Gasteiger partial charge >= 0.3 is 0 Å². The summed E-state index contributed by atoms with van der Waals surface area (Å²) in [6.07, 6.45) is 3.03. The van der Waals surface area contributed by atoms with E-state index in [0.29, 0.717) is 12.0 Å². The van der Waals surface area contributed by atoms with Gasteiger partial charge in [0.05, 0.1) is 5.69 Å². The van der Waals surface area contributed by atoms with E-state index in [1.165, 1.54) is 5.56 Å². The smallest absolute Gasteiger partial charge is 0.157 e. The number of aryl methyl sites for hydroxylation is 1. The zero-order valence-electron chi connectivity index (χ0n) is 16.2. The molecule has 1 atom stereocenters. The fourth-order valence-corrected chi connectivity index (χ4v) is 3.76. The lowest BCUT2D eigenvalue weighted by Gasteiger charge is -2.22. The van der Waals surface area contributed by atoms with Crippen molar-refractivity contribution in [2.24, 2.45) is 0 Å². The molecule has 1 unspecified atom stereocenters. The molecule has 2 aromatic rings. The van der Waals surface area contributed by atoms with Crippen LogP contribution in [0.2, 0.25) is 0 Å². The van der Waals surface area contributed by atoms with Crippen LogP contribution in [0.15, 0.2) is 6.07 Å². The van der Waals surface area contributed by atoms with Crippen molar-refractivity contribution >= 4 is 11.5 Å². The monoisotopic (exact) mass is 345 g/mol. The second-order valence-corrected chi connectivity index (χ2v) is 7.41. The molecule has 2 aromatic heterocycles. The summed E-state index contributed by atoms with van der Waals surface area (Å²) in [5, 5.41) is 8.63. The molecule has 1 fully saturated rings. The van der Waals surface area contributed by atoms with Crippen molar-refractivity contribution in [1.29, 1.82) is 0 Å². The number of nitrogens with one attached hydrogen (secondary N) is 1. The molecule has 25 heavy (non-hydrogen) atoms. The van der Waals surface area contributed by atoms with E-state index in [-0.39, 0.29) is 0 Å². The number of rotatable bonds is 6. The summed E-state index contributed by atoms with van der Waals surface area (Å²) < 4.78 is 7.51. The molecule has 0 saturated carbocycles. The van der Waals surface area contributed by atoms with Crippen LogP contribution in [0.25, 0.3) is 5.65 Å². The second kappa shape index (κ2) is 7.70. The van der Waals surface area contributed by atoms with Crippen LogP contribution in [-0.2, 0) is 11.2 Å². The van der Waals surface area contributed by atoms with E-state index in [4.69, 9.17) is 14.8 Å². The Labute approximate surface area is 150 Å². The molecule has 6 nitrogen and oxygen atoms in total. The lowest BCUT2D eigenvalue weighted by atomic mass is 9.97. The van der Waals surface area contributed by atoms with Crippen molar-refractivity contribution < 1.29 is 4.74 Å². The van der Waals surface area contributed by atoms with Gasteiger partial charge in [-0.1, -0.05) is 6.92 Å². The van der Waals surface area contributed by atoms with Crippen LogP contribution < -0.4 is 5.32 Å². The zero-order valence-corrected chi connectivity index (χ0v) is 16.2. The average molecular weight is 345 g/mol. The normalized spacial score (nSPS) is 17.4. The Hall–Kier alpha value is -1.66. The molecular weight excluding hydrogens is 314 g/mol. The number of hydrogen-bond acceptors (Lipinski definition) is 5. The first-order valence-corrected chi connectivity index (χ1v) is 9.37. The van der Waals surface area contributed by atoms with Gasteiger partial charge in [0.15, 0.2) is 5.65 Å². The van der Waals surface area contributed by atoms with E-state index < -0.39 is 0 Å². The van der Waals surface area contributed by atoms with Gasteiger partial charge in [0, 0.05) is 49.0 Å². The van der Waals surface area contributed by atoms with Crippen molar-refractivity contribution in [2.75, 3.05) is 39.2 Å².